The number of hydrogen-bond acceptors (Lipinski definition) is 4. The normalized spacial score (nSPS) is 11.9. The number of carbonyl (C=O) groups is 2. The number of para-hydroxylation sites is 1. The Labute approximate surface area is 171 Å². The third kappa shape index (κ3) is 3.22. The molecular weight excluding hydrogens is 388 g/mol. The van der Waals surface area contributed by atoms with Crippen molar-refractivity contribution in [3.05, 3.63) is 71.4 Å². The quantitative estimate of drug-likeness (QED) is 0.406. The third-order valence-electron chi connectivity index (χ3n) is 4.72. The zero-order valence-electron chi connectivity index (χ0n) is 15.4. The monoisotopic (exact) mass is 402 g/mol. The minimum absolute atomic E-state index is 0.0686. The van der Waals surface area contributed by atoms with Crippen molar-refractivity contribution in [2.75, 3.05) is 5.32 Å². The van der Waals surface area contributed by atoms with E-state index < -0.39 is 17.6 Å². The van der Waals surface area contributed by atoms with Crippen LogP contribution in [0, 0.1) is 17.2 Å². The highest BCUT2D eigenvalue weighted by Gasteiger charge is 2.31. The molecule has 29 heavy (non-hydrogen) atoms. The summed E-state index contributed by atoms with van der Waals surface area (Å²) in [5.41, 5.74) is 1.25. The number of Topliss-reactive ketones (excluding diaryl/α,β-unsaturated/α-hetero) is 1. The van der Waals surface area contributed by atoms with Crippen molar-refractivity contribution in [1.29, 1.82) is 5.26 Å². The van der Waals surface area contributed by atoms with Crippen molar-refractivity contribution in [2.24, 2.45) is 13.0 Å². The van der Waals surface area contributed by atoms with Gasteiger partial charge >= 0.3 is 0 Å². The Morgan fingerprint density at radius 1 is 1.10 bits per heavy atom. The minimum Gasteiger partial charge on any atom is -0.325 e. The van der Waals surface area contributed by atoms with Crippen LogP contribution in [0.2, 0.25) is 5.02 Å². The number of rotatable bonds is 4. The van der Waals surface area contributed by atoms with Crippen molar-refractivity contribution >= 4 is 50.7 Å². The molecule has 1 atom stereocenters. The topological polar surface area (TPSA) is 87.8 Å². The van der Waals surface area contributed by atoms with E-state index in [2.05, 4.69) is 10.4 Å². The van der Waals surface area contributed by atoms with Crippen LogP contribution in [0.15, 0.2) is 60.7 Å². The lowest BCUT2D eigenvalue weighted by molar-refractivity contribution is -0.117. The molecule has 4 aromatic rings. The number of hydrogen-bond donors (Lipinski definition) is 1. The van der Waals surface area contributed by atoms with Crippen LogP contribution in [0.4, 0.5) is 5.69 Å². The van der Waals surface area contributed by atoms with E-state index in [9.17, 15) is 14.9 Å². The standard InChI is InChI=1S/C22H15ClN4O2/c1-27-20-15(11-10-13-6-5-9-17(23)18(13)20)19(26-27)21(28)16(12-24)22(29)25-14-7-3-2-4-8-14/h2-11,16H,1H3,(H,25,29). The molecule has 1 heterocycles. The number of benzene rings is 3. The number of amides is 1. The van der Waals surface area contributed by atoms with Crippen molar-refractivity contribution in [3.63, 3.8) is 0 Å². The number of nitriles is 1. The van der Waals surface area contributed by atoms with Gasteiger partial charge in [0.05, 0.1) is 16.6 Å². The Hall–Kier alpha value is -3.69. The Balaban J connectivity index is 1.77. The first kappa shape index (κ1) is 18.7. The molecule has 0 saturated heterocycles. The van der Waals surface area contributed by atoms with Gasteiger partial charge in [-0.25, -0.2) is 0 Å². The van der Waals surface area contributed by atoms with E-state index in [1.165, 1.54) is 0 Å². The average Bonchev–Trinajstić information content (AvgIpc) is 3.06. The molecular formula is C22H15ClN4O2. The largest absolute Gasteiger partial charge is 0.325 e. The molecule has 1 aromatic heterocycles. The highest BCUT2D eigenvalue weighted by Crippen LogP contribution is 2.33. The van der Waals surface area contributed by atoms with Crippen molar-refractivity contribution in [1.82, 2.24) is 9.78 Å². The molecule has 6 nitrogen and oxygen atoms in total. The number of nitrogens with one attached hydrogen (secondary N) is 1. The number of ketones is 1. The van der Waals surface area contributed by atoms with Gasteiger partial charge in [-0.3, -0.25) is 14.3 Å². The summed E-state index contributed by atoms with van der Waals surface area (Å²) in [6.45, 7) is 0. The Morgan fingerprint density at radius 3 is 2.59 bits per heavy atom. The van der Waals surface area contributed by atoms with Crippen molar-refractivity contribution in [3.8, 4) is 6.07 Å². The Morgan fingerprint density at radius 2 is 1.86 bits per heavy atom. The van der Waals surface area contributed by atoms with Crippen LogP contribution < -0.4 is 5.32 Å². The van der Waals surface area contributed by atoms with Gasteiger partial charge in [0, 0.05) is 23.5 Å². The molecule has 1 unspecified atom stereocenters. The van der Waals surface area contributed by atoms with Gasteiger partial charge in [-0.1, -0.05) is 48.0 Å². The zero-order chi connectivity index (χ0) is 20.5. The van der Waals surface area contributed by atoms with Gasteiger partial charge in [0.25, 0.3) is 0 Å². The first-order chi connectivity index (χ1) is 14.0. The second kappa shape index (κ2) is 7.38. The van der Waals surface area contributed by atoms with Crippen LogP contribution in [0.5, 0.6) is 0 Å². The maximum Gasteiger partial charge on any atom is 0.249 e. The zero-order valence-corrected chi connectivity index (χ0v) is 16.1. The van der Waals surface area contributed by atoms with Crippen LogP contribution >= 0.6 is 11.6 Å². The second-order valence-electron chi connectivity index (χ2n) is 6.55. The first-order valence-electron chi connectivity index (χ1n) is 8.85. The lowest BCUT2D eigenvalue weighted by Gasteiger charge is -2.08. The summed E-state index contributed by atoms with van der Waals surface area (Å²) < 4.78 is 1.56. The lowest BCUT2D eigenvalue weighted by atomic mass is 9.98. The predicted octanol–water partition coefficient (Wildman–Crippen LogP) is 4.34. The maximum atomic E-state index is 13.1. The smallest absolute Gasteiger partial charge is 0.249 e. The molecule has 7 heteroatoms. The first-order valence-corrected chi connectivity index (χ1v) is 9.22. The number of nitrogens with zero attached hydrogens (tertiary/aromatic N) is 3. The maximum absolute atomic E-state index is 13.1. The Kier molecular flexibility index (Phi) is 4.75. The fourth-order valence-electron chi connectivity index (χ4n) is 3.39. The molecule has 4 rings (SSSR count). The van der Waals surface area contributed by atoms with E-state index in [0.29, 0.717) is 21.6 Å². The van der Waals surface area contributed by atoms with Gasteiger partial charge in [0.15, 0.2) is 5.92 Å². The fourth-order valence-corrected chi connectivity index (χ4v) is 3.66. The van der Waals surface area contributed by atoms with E-state index in [-0.39, 0.29) is 5.69 Å². The Bertz CT molecular complexity index is 1310. The van der Waals surface area contributed by atoms with E-state index in [1.807, 2.05) is 18.2 Å². The van der Waals surface area contributed by atoms with Crippen molar-refractivity contribution in [2.45, 2.75) is 0 Å². The van der Waals surface area contributed by atoms with Crippen LogP contribution in [-0.2, 0) is 11.8 Å². The molecule has 0 aliphatic carbocycles. The van der Waals surface area contributed by atoms with Crippen LogP contribution in [0.3, 0.4) is 0 Å². The molecule has 0 fully saturated rings. The molecule has 1 amide bonds. The lowest BCUT2D eigenvalue weighted by Crippen LogP contribution is -2.29. The van der Waals surface area contributed by atoms with Gasteiger partial charge in [-0.2, -0.15) is 10.4 Å². The summed E-state index contributed by atoms with van der Waals surface area (Å²) in [4.78, 5) is 25.6. The van der Waals surface area contributed by atoms with E-state index in [0.717, 1.165) is 10.8 Å². The number of carbonyl (C=O) groups excluding carboxylic acids is 2. The summed E-state index contributed by atoms with van der Waals surface area (Å²) in [7, 11) is 1.70. The van der Waals surface area contributed by atoms with Crippen LogP contribution in [-0.4, -0.2) is 21.5 Å². The van der Waals surface area contributed by atoms with Gasteiger partial charge in [0.1, 0.15) is 5.69 Å². The summed E-state index contributed by atoms with van der Waals surface area (Å²) >= 11 is 6.38. The second-order valence-corrected chi connectivity index (χ2v) is 6.96. The minimum atomic E-state index is -1.52. The number of anilines is 1. The molecule has 0 saturated carbocycles. The SMILES string of the molecule is Cn1nc(C(=O)C(C#N)C(=O)Nc2ccccc2)c2ccc3cccc(Cl)c3c21. The van der Waals surface area contributed by atoms with Crippen LogP contribution in [0.1, 0.15) is 10.5 Å². The van der Waals surface area contributed by atoms with E-state index in [1.54, 1.807) is 60.3 Å². The van der Waals surface area contributed by atoms with E-state index >= 15 is 0 Å². The molecule has 142 valence electrons. The van der Waals surface area contributed by atoms with Crippen LogP contribution in [0.25, 0.3) is 21.7 Å². The molecule has 3 aromatic carbocycles. The number of fused-ring (bicyclic) bond motifs is 3. The molecule has 0 radical (unpaired) electrons. The number of halogens is 1. The van der Waals surface area contributed by atoms with Gasteiger partial charge in [0.2, 0.25) is 11.7 Å². The predicted molar refractivity (Wildman–Crippen MR) is 112 cm³/mol. The summed E-state index contributed by atoms with van der Waals surface area (Å²) in [5.74, 6) is -2.87. The fraction of sp³-hybridized carbons (Fsp3) is 0.0909. The number of aryl methyl sites for hydroxylation is 1. The summed E-state index contributed by atoms with van der Waals surface area (Å²) in [6, 6.07) is 19.6. The number of aromatic nitrogens is 2. The highest BCUT2D eigenvalue weighted by atomic mass is 35.5. The highest BCUT2D eigenvalue weighted by molar-refractivity contribution is 6.38. The molecule has 0 spiro atoms. The van der Waals surface area contributed by atoms with Gasteiger partial charge in [-0.05, 0) is 29.7 Å². The van der Waals surface area contributed by atoms with Gasteiger partial charge in [-0.15, -0.1) is 0 Å². The van der Waals surface area contributed by atoms with Gasteiger partial charge < -0.3 is 5.32 Å². The average molecular weight is 403 g/mol. The summed E-state index contributed by atoms with van der Waals surface area (Å²) in [6.07, 6.45) is 0. The molecule has 1 N–H and O–H groups in total. The van der Waals surface area contributed by atoms with Crippen molar-refractivity contribution < 1.29 is 9.59 Å². The third-order valence-corrected chi connectivity index (χ3v) is 5.04. The molecule has 0 aliphatic heterocycles. The van der Waals surface area contributed by atoms with E-state index in [4.69, 9.17) is 11.6 Å². The summed E-state index contributed by atoms with van der Waals surface area (Å²) in [5, 5.41) is 19.2. The molecule has 0 aliphatic rings. The molecule has 0 bridgehead atoms.